The van der Waals surface area contributed by atoms with Gasteiger partial charge in [-0.3, -0.25) is 19.7 Å². The Morgan fingerprint density at radius 1 is 1.27 bits per heavy atom. The Hall–Kier alpha value is -2.64. The van der Waals surface area contributed by atoms with E-state index in [1.165, 1.54) is 25.3 Å². The van der Waals surface area contributed by atoms with E-state index < -0.39 is 16.7 Å². The van der Waals surface area contributed by atoms with Gasteiger partial charge >= 0.3 is 11.8 Å². The molecule has 1 aromatic rings. The van der Waals surface area contributed by atoms with Crippen molar-refractivity contribution in [2.45, 2.75) is 26.2 Å². The molecule has 1 rings (SSSR count). The summed E-state index contributed by atoms with van der Waals surface area (Å²) in [6, 6.07) is 3.71. The fourth-order valence-corrected chi connectivity index (χ4v) is 1.73. The van der Waals surface area contributed by atoms with E-state index in [4.69, 9.17) is 4.74 Å². The third kappa shape index (κ3) is 5.04. The number of nitrogens with zero attached hydrogens (tertiary/aromatic N) is 1. The molecule has 1 aromatic carbocycles. The molecule has 0 fully saturated rings. The van der Waals surface area contributed by atoms with E-state index in [1.54, 1.807) is 0 Å². The molecule has 0 aliphatic carbocycles. The molecule has 0 heterocycles. The predicted octanol–water partition coefficient (Wildman–Crippen LogP) is 1.85. The van der Waals surface area contributed by atoms with Crippen LogP contribution in [0.4, 0.5) is 11.4 Å². The maximum atomic E-state index is 11.8. The molecule has 0 aromatic heterocycles. The van der Waals surface area contributed by atoms with Crippen molar-refractivity contribution in [2.75, 3.05) is 19.0 Å². The minimum absolute atomic E-state index is 0.112. The van der Waals surface area contributed by atoms with Crippen molar-refractivity contribution in [3.8, 4) is 5.75 Å². The van der Waals surface area contributed by atoms with E-state index in [2.05, 4.69) is 10.6 Å². The molecule has 0 atom stereocenters. The number of nitro groups is 1. The lowest BCUT2D eigenvalue weighted by Crippen LogP contribution is -2.35. The molecule has 2 N–H and O–H groups in total. The summed E-state index contributed by atoms with van der Waals surface area (Å²) in [7, 11) is 1.32. The van der Waals surface area contributed by atoms with Crippen LogP contribution in [0.2, 0.25) is 0 Å². The van der Waals surface area contributed by atoms with Crippen molar-refractivity contribution >= 4 is 23.2 Å². The highest BCUT2D eigenvalue weighted by Gasteiger charge is 2.17. The van der Waals surface area contributed by atoms with Crippen LogP contribution >= 0.6 is 0 Å². The second-order valence-corrected chi connectivity index (χ2v) is 4.56. The second-order valence-electron chi connectivity index (χ2n) is 4.56. The van der Waals surface area contributed by atoms with Crippen molar-refractivity contribution in [3.63, 3.8) is 0 Å². The Bertz CT molecular complexity index is 559. The molecule has 0 saturated carbocycles. The maximum Gasteiger partial charge on any atom is 0.313 e. The summed E-state index contributed by atoms with van der Waals surface area (Å²) in [6.07, 6.45) is 2.79. The second kappa shape index (κ2) is 8.60. The van der Waals surface area contributed by atoms with Gasteiger partial charge in [0.15, 0.2) is 0 Å². The maximum absolute atomic E-state index is 11.8. The highest BCUT2D eigenvalue weighted by molar-refractivity contribution is 6.39. The number of methoxy groups -OCH3 is 1. The summed E-state index contributed by atoms with van der Waals surface area (Å²) in [5.74, 6) is -1.48. The Morgan fingerprint density at radius 3 is 2.59 bits per heavy atom. The first kappa shape index (κ1) is 17.4. The number of hydrogen-bond acceptors (Lipinski definition) is 5. The average molecular weight is 309 g/mol. The molecule has 8 heteroatoms. The third-order valence-electron chi connectivity index (χ3n) is 2.92. The summed E-state index contributed by atoms with van der Waals surface area (Å²) in [6.45, 7) is 2.47. The van der Waals surface area contributed by atoms with Gasteiger partial charge in [-0.15, -0.1) is 0 Å². The van der Waals surface area contributed by atoms with Crippen molar-refractivity contribution < 1.29 is 19.2 Å². The molecule has 0 radical (unpaired) electrons. The van der Waals surface area contributed by atoms with Crippen LogP contribution in [0.15, 0.2) is 18.2 Å². The van der Waals surface area contributed by atoms with Crippen LogP contribution in [-0.4, -0.2) is 30.4 Å². The SMILES string of the molecule is CCCCCNC(=O)C(=O)Nc1ccc([N+](=O)[O-])cc1OC. The van der Waals surface area contributed by atoms with E-state index >= 15 is 0 Å². The molecular formula is C14H19N3O5. The fraction of sp³-hybridized carbons (Fsp3) is 0.429. The molecule has 0 saturated heterocycles. The summed E-state index contributed by atoms with van der Waals surface area (Å²) >= 11 is 0. The summed E-state index contributed by atoms with van der Waals surface area (Å²) < 4.78 is 4.98. The van der Waals surface area contributed by atoms with E-state index in [1.807, 2.05) is 6.92 Å². The topological polar surface area (TPSA) is 111 Å². The molecule has 120 valence electrons. The Balaban J connectivity index is 2.67. The number of nitro benzene ring substituents is 1. The molecule has 0 spiro atoms. The van der Waals surface area contributed by atoms with Gasteiger partial charge in [0.2, 0.25) is 0 Å². The van der Waals surface area contributed by atoms with Gasteiger partial charge in [0, 0.05) is 12.6 Å². The van der Waals surface area contributed by atoms with Gasteiger partial charge in [-0.2, -0.15) is 0 Å². The van der Waals surface area contributed by atoms with Crippen molar-refractivity contribution in [1.29, 1.82) is 0 Å². The number of amides is 2. The zero-order chi connectivity index (χ0) is 16.5. The summed E-state index contributed by atoms with van der Waals surface area (Å²) in [4.78, 5) is 33.5. The van der Waals surface area contributed by atoms with Crippen molar-refractivity contribution in [3.05, 3.63) is 28.3 Å². The number of hydrogen-bond donors (Lipinski definition) is 2. The average Bonchev–Trinajstić information content (AvgIpc) is 2.51. The molecule has 0 bridgehead atoms. The third-order valence-corrected chi connectivity index (χ3v) is 2.92. The van der Waals surface area contributed by atoms with Crippen LogP contribution in [0.1, 0.15) is 26.2 Å². The van der Waals surface area contributed by atoms with Gasteiger partial charge in [0.05, 0.1) is 23.8 Å². The van der Waals surface area contributed by atoms with Gasteiger partial charge in [0.1, 0.15) is 5.75 Å². The lowest BCUT2D eigenvalue weighted by Gasteiger charge is -2.10. The lowest BCUT2D eigenvalue weighted by atomic mass is 10.2. The number of ether oxygens (including phenoxy) is 1. The van der Waals surface area contributed by atoms with E-state index in [-0.39, 0.29) is 17.1 Å². The highest BCUT2D eigenvalue weighted by atomic mass is 16.6. The number of anilines is 1. The zero-order valence-electron chi connectivity index (χ0n) is 12.5. The first-order valence-electron chi connectivity index (χ1n) is 6.91. The van der Waals surface area contributed by atoms with Crippen LogP contribution < -0.4 is 15.4 Å². The number of benzene rings is 1. The Labute approximate surface area is 128 Å². The van der Waals surface area contributed by atoms with Crippen LogP contribution in [0.3, 0.4) is 0 Å². The monoisotopic (exact) mass is 309 g/mol. The van der Waals surface area contributed by atoms with Crippen LogP contribution in [0.25, 0.3) is 0 Å². The molecular weight excluding hydrogens is 290 g/mol. The van der Waals surface area contributed by atoms with Gasteiger partial charge in [-0.25, -0.2) is 0 Å². The largest absolute Gasteiger partial charge is 0.494 e. The molecule has 0 aliphatic rings. The number of non-ortho nitro benzene ring substituents is 1. The summed E-state index contributed by atoms with van der Waals surface area (Å²) in [5.41, 5.74) is 0.0284. The first-order valence-corrected chi connectivity index (χ1v) is 6.91. The minimum atomic E-state index is -0.844. The lowest BCUT2D eigenvalue weighted by molar-refractivity contribution is -0.384. The summed E-state index contributed by atoms with van der Waals surface area (Å²) in [5, 5.41) is 15.6. The van der Waals surface area contributed by atoms with Gasteiger partial charge in [-0.1, -0.05) is 19.8 Å². The number of unbranched alkanes of at least 4 members (excludes halogenated alkanes) is 2. The Kier molecular flexibility index (Phi) is 6.81. The smallest absolute Gasteiger partial charge is 0.313 e. The highest BCUT2D eigenvalue weighted by Crippen LogP contribution is 2.28. The number of nitrogens with one attached hydrogen (secondary N) is 2. The molecule has 2 amide bonds. The van der Waals surface area contributed by atoms with Crippen molar-refractivity contribution in [1.82, 2.24) is 5.32 Å². The van der Waals surface area contributed by atoms with E-state index in [0.29, 0.717) is 6.54 Å². The van der Waals surface area contributed by atoms with Crippen molar-refractivity contribution in [2.24, 2.45) is 0 Å². The predicted molar refractivity (Wildman–Crippen MR) is 80.8 cm³/mol. The minimum Gasteiger partial charge on any atom is -0.494 e. The molecule has 8 nitrogen and oxygen atoms in total. The van der Waals surface area contributed by atoms with Crippen LogP contribution in [0.5, 0.6) is 5.75 Å². The zero-order valence-corrected chi connectivity index (χ0v) is 12.5. The van der Waals surface area contributed by atoms with Gasteiger partial charge in [-0.05, 0) is 12.5 Å². The number of rotatable bonds is 7. The van der Waals surface area contributed by atoms with Gasteiger partial charge < -0.3 is 15.4 Å². The van der Waals surface area contributed by atoms with Crippen LogP contribution in [0, 0.1) is 10.1 Å². The first-order chi connectivity index (χ1) is 10.5. The standard InChI is InChI=1S/C14H19N3O5/c1-3-4-5-8-15-13(18)14(19)16-11-7-6-10(17(20)21)9-12(11)22-2/h6-7,9H,3-5,8H2,1-2H3,(H,15,18)(H,16,19). The van der Waals surface area contributed by atoms with Crippen LogP contribution in [-0.2, 0) is 9.59 Å². The fourth-order valence-electron chi connectivity index (χ4n) is 1.73. The quantitative estimate of drug-likeness (QED) is 0.345. The molecule has 0 aliphatic heterocycles. The van der Waals surface area contributed by atoms with Gasteiger partial charge in [0.25, 0.3) is 5.69 Å². The molecule has 22 heavy (non-hydrogen) atoms. The Morgan fingerprint density at radius 2 is 2.00 bits per heavy atom. The normalized spacial score (nSPS) is 9.91. The number of carbonyl (C=O) groups excluding carboxylic acids is 2. The number of carbonyl (C=O) groups is 2. The van der Waals surface area contributed by atoms with E-state index in [9.17, 15) is 19.7 Å². The molecule has 0 unspecified atom stereocenters. The van der Waals surface area contributed by atoms with E-state index in [0.717, 1.165) is 19.3 Å².